The van der Waals surface area contributed by atoms with Crippen LogP contribution in [-0.4, -0.2) is 26.9 Å². The highest BCUT2D eigenvalue weighted by atomic mass is 32.2. The van der Waals surface area contributed by atoms with Gasteiger partial charge >= 0.3 is 6.18 Å². The molecule has 0 atom stereocenters. The lowest BCUT2D eigenvalue weighted by atomic mass is 10.1. The van der Waals surface area contributed by atoms with Crippen molar-refractivity contribution in [2.24, 2.45) is 0 Å². The largest absolute Gasteiger partial charge is 0.497 e. The van der Waals surface area contributed by atoms with Crippen LogP contribution in [0.5, 0.6) is 5.75 Å². The van der Waals surface area contributed by atoms with Crippen LogP contribution in [0.25, 0.3) is 17.1 Å². The predicted molar refractivity (Wildman–Crippen MR) is 112 cm³/mol. The minimum absolute atomic E-state index is 0.311. The summed E-state index contributed by atoms with van der Waals surface area (Å²) < 4.78 is 46.1. The second-order valence-corrected chi connectivity index (χ2v) is 7.51. The first-order valence-electron chi connectivity index (χ1n) is 9.25. The molecule has 2 aromatic carbocycles. The summed E-state index contributed by atoms with van der Waals surface area (Å²) in [6, 6.07) is 16.4. The van der Waals surface area contributed by atoms with E-state index in [1.807, 2.05) is 34.9 Å². The number of ether oxygens (including phenoxy) is 1. The van der Waals surface area contributed by atoms with Crippen LogP contribution < -0.4 is 4.74 Å². The highest BCUT2D eigenvalue weighted by Gasteiger charge is 2.30. The Morgan fingerprint density at radius 2 is 1.81 bits per heavy atom. The molecule has 0 saturated heterocycles. The summed E-state index contributed by atoms with van der Waals surface area (Å²) in [5.41, 5.74) is 1.46. The minimum Gasteiger partial charge on any atom is -0.497 e. The number of hydrogen-bond acceptors (Lipinski definition) is 5. The number of pyridine rings is 1. The third-order valence-corrected chi connectivity index (χ3v) is 5.51. The molecule has 0 fully saturated rings. The number of alkyl halides is 3. The normalized spacial score (nSPS) is 11.5. The number of rotatable bonds is 6. The number of nitrogens with zero attached hydrogens (tertiary/aromatic N) is 4. The van der Waals surface area contributed by atoms with Gasteiger partial charge in [-0.1, -0.05) is 30.0 Å². The van der Waals surface area contributed by atoms with Crippen LogP contribution in [0.1, 0.15) is 11.1 Å². The fourth-order valence-electron chi connectivity index (χ4n) is 2.99. The molecule has 31 heavy (non-hydrogen) atoms. The van der Waals surface area contributed by atoms with E-state index in [2.05, 4.69) is 15.2 Å². The van der Waals surface area contributed by atoms with Gasteiger partial charge in [0.15, 0.2) is 11.0 Å². The Bertz CT molecular complexity index is 1160. The highest BCUT2D eigenvalue weighted by molar-refractivity contribution is 7.98. The molecule has 0 aliphatic carbocycles. The third kappa shape index (κ3) is 4.72. The average Bonchev–Trinajstić information content (AvgIpc) is 3.22. The van der Waals surface area contributed by atoms with Crippen molar-refractivity contribution in [1.82, 2.24) is 19.7 Å². The number of methoxy groups -OCH3 is 1. The summed E-state index contributed by atoms with van der Waals surface area (Å²) >= 11 is 1.31. The van der Waals surface area contributed by atoms with Crippen molar-refractivity contribution >= 4 is 11.8 Å². The maximum atomic E-state index is 13.0. The van der Waals surface area contributed by atoms with Gasteiger partial charge in [0.1, 0.15) is 5.75 Å². The maximum absolute atomic E-state index is 13.0. The highest BCUT2D eigenvalue weighted by Crippen LogP contribution is 2.33. The molecule has 0 saturated carbocycles. The molecule has 158 valence electrons. The summed E-state index contributed by atoms with van der Waals surface area (Å²) in [5.74, 6) is 1.60. The third-order valence-electron chi connectivity index (χ3n) is 4.51. The van der Waals surface area contributed by atoms with Gasteiger partial charge in [-0.15, -0.1) is 10.2 Å². The molecule has 0 spiro atoms. The summed E-state index contributed by atoms with van der Waals surface area (Å²) in [4.78, 5) is 4.14. The van der Waals surface area contributed by atoms with Gasteiger partial charge in [-0.05, 0) is 48.0 Å². The number of benzene rings is 2. The zero-order valence-corrected chi connectivity index (χ0v) is 17.2. The summed E-state index contributed by atoms with van der Waals surface area (Å²) in [5, 5.41) is 9.16. The molecule has 0 amide bonds. The second kappa shape index (κ2) is 8.81. The van der Waals surface area contributed by atoms with Crippen molar-refractivity contribution in [2.75, 3.05) is 7.11 Å². The number of halogens is 3. The molecule has 2 heterocycles. The second-order valence-electron chi connectivity index (χ2n) is 6.57. The fourth-order valence-corrected chi connectivity index (χ4v) is 3.89. The fraction of sp³-hybridized carbons (Fsp3) is 0.136. The quantitative estimate of drug-likeness (QED) is 0.361. The van der Waals surface area contributed by atoms with Crippen LogP contribution in [-0.2, 0) is 11.9 Å². The van der Waals surface area contributed by atoms with Crippen molar-refractivity contribution in [2.45, 2.75) is 17.1 Å². The van der Waals surface area contributed by atoms with E-state index in [0.717, 1.165) is 23.4 Å². The zero-order chi connectivity index (χ0) is 21.8. The van der Waals surface area contributed by atoms with Crippen molar-refractivity contribution in [3.8, 4) is 22.8 Å². The van der Waals surface area contributed by atoms with Crippen LogP contribution in [0.15, 0.2) is 78.2 Å². The Morgan fingerprint density at radius 1 is 1.00 bits per heavy atom. The molecule has 5 nitrogen and oxygen atoms in total. The van der Waals surface area contributed by atoms with E-state index in [4.69, 9.17) is 4.74 Å². The van der Waals surface area contributed by atoms with E-state index in [0.29, 0.717) is 28.0 Å². The van der Waals surface area contributed by atoms with Gasteiger partial charge in [0, 0.05) is 29.4 Å². The van der Waals surface area contributed by atoms with E-state index >= 15 is 0 Å². The Kier molecular flexibility index (Phi) is 5.94. The van der Waals surface area contributed by atoms with Gasteiger partial charge in [-0.2, -0.15) is 13.2 Å². The SMILES string of the molecule is COc1ccc(-n2c(SCc3cccc(C(F)(F)F)c3)nnc2-c2cccnc2)cc1. The van der Waals surface area contributed by atoms with E-state index in [9.17, 15) is 13.2 Å². The van der Waals surface area contributed by atoms with E-state index in [1.54, 1.807) is 31.6 Å². The lowest BCUT2D eigenvalue weighted by Gasteiger charge is -2.12. The molecule has 0 radical (unpaired) electrons. The number of aromatic nitrogens is 4. The van der Waals surface area contributed by atoms with Crippen molar-refractivity contribution in [3.05, 3.63) is 84.2 Å². The lowest BCUT2D eigenvalue weighted by molar-refractivity contribution is -0.137. The summed E-state index contributed by atoms with van der Waals surface area (Å²) in [7, 11) is 1.59. The van der Waals surface area contributed by atoms with Crippen molar-refractivity contribution in [3.63, 3.8) is 0 Å². The predicted octanol–water partition coefficient (Wildman–Crippen LogP) is 5.65. The molecule has 2 aromatic heterocycles. The van der Waals surface area contributed by atoms with Crippen LogP contribution in [0.3, 0.4) is 0 Å². The molecule has 4 rings (SSSR count). The lowest BCUT2D eigenvalue weighted by Crippen LogP contribution is -2.05. The molecule has 0 N–H and O–H groups in total. The molecular weight excluding hydrogens is 425 g/mol. The van der Waals surface area contributed by atoms with Crippen LogP contribution >= 0.6 is 11.8 Å². The average molecular weight is 442 g/mol. The molecule has 4 aromatic rings. The first kappa shape index (κ1) is 20.9. The van der Waals surface area contributed by atoms with Crippen LogP contribution in [0, 0.1) is 0 Å². The van der Waals surface area contributed by atoms with Gasteiger partial charge in [-0.3, -0.25) is 9.55 Å². The van der Waals surface area contributed by atoms with Crippen LogP contribution in [0.4, 0.5) is 13.2 Å². The maximum Gasteiger partial charge on any atom is 0.416 e. The van der Waals surface area contributed by atoms with Crippen molar-refractivity contribution < 1.29 is 17.9 Å². The van der Waals surface area contributed by atoms with Gasteiger partial charge < -0.3 is 4.74 Å². The Hall–Kier alpha value is -3.33. The Labute approximate surface area is 180 Å². The van der Waals surface area contributed by atoms with Gasteiger partial charge in [0.25, 0.3) is 0 Å². The monoisotopic (exact) mass is 442 g/mol. The smallest absolute Gasteiger partial charge is 0.416 e. The molecule has 0 aliphatic heterocycles. The van der Waals surface area contributed by atoms with E-state index in [1.165, 1.54) is 17.8 Å². The first-order valence-corrected chi connectivity index (χ1v) is 10.2. The minimum atomic E-state index is -4.38. The molecule has 0 aliphatic rings. The zero-order valence-electron chi connectivity index (χ0n) is 16.4. The molecule has 9 heteroatoms. The van der Waals surface area contributed by atoms with Crippen LogP contribution in [0.2, 0.25) is 0 Å². The van der Waals surface area contributed by atoms with E-state index in [-0.39, 0.29) is 0 Å². The number of thioether (sulfide) groups is 1. The summed E-state index contributed by atoms with van der Waals surface area (Å²) in [6.07, 6.45) is -1.02. The van der Waals surface area contributed by atoms with Gasteiger partial charge in [0.2, 0.25) is 0 Å². The first-order chi connectivity index (χ1) is 15.0. The Balaban J connectivity index is 1.68. The number of hydrogen-bond donors (Lipinski definition) is 0. The summed E-state index contributed by atoms with van der Waals surface area (Å²) in [6.45, 7) is 0. The molecular formula is C22H17F3N4OS. The van der Waals surface area contributed by atoms with Gasteiger partial charge in [-0.25, -0.2) is 0 Å². The van der Waals surface area contributed by atoms with Gasteiger partial charge in [0.05, 0.1) is 12.7 Å². The topological polar surface area (TPSA) is 52.8 Å². The van der Waals surface area contributed by atoms with Crippen molar-refractivity contribution in [1.29, 1.82) is 0 Å². The van der Waals surface area contributed by atoms with E-state index < -0.39 is 11.7 Å². The standard InChI is InChI=1S/C22H17F3N4OS/c1-30-19-9-7-18(8-10-19)29-20(16-5-3-11-26-13-16)27-28-21(29)31-14-15-4-2-6-17(12-15)22(23,24)25/h2-13H,14H2,1H3. The molecule has 0 bridgehead atoms. The Morgan fingerprint density at radius 3 is 2.48 bits per heavy atom. The molecule has 0 unspecified atom stereocenters.